The summed E-state index contributed by atoms with van der Waals surface area (Å²) in [5.74, 6) is 0.437. The van der Waals surface area contributed by atoms with Crippen molar-refractivity contribution < 1.29 is 4.79 Å². The van der Waals surface area contributed by atoms with Crippen molar-refractivity contribution in [3.05, 3.63) is 42.1 Å². The number of hydrogen-bond donors (Lipinski definition) is 1. The molecule has 0 saturated carbocycles. The number of fused-ring (bicyclic) bond motifs is 1. The van der Waals surface area contributed by atoms with E-state index >= 15 is 0 Å². The normalized spacial score (nSPS) is 16.9. The third-order valence-corrected chi connectivity index (χ3v) is 3.62. The molecule has 3 heteroatoms. The quantitative estimate of drug-likeness (QED) is 0.820. The lowest BCUT2D eigenvalue weighted by atomic mass is 9.88. The van der Waals surface area contributed by atoms with Crippen molar-refractivity contribution in [1.29, 1.82) is 0 Å². The SMILES string of the molecule is O=C(c1cccc2ncccc12)C1CCNCC1. The molecular weight excluding hydrogens is 224 g/mol. The summed E-state index contributed by atoms with van der Waals surface area (Å²) in [5.41, 5.74) is 1.73. The highest BCUT2D eigenvalue weighted by Gasteiger charge is 2.23. The number of benzene rings is 1. The molecule has 2 heterocycles. The second-order valence-electron chi connectivity index (χ2n) is 4.76. The van der Waals surface area contributed by atoms with Gasteiger partial charge in [-0.2, -0.15) is 0 Å². The van der Waals surface area contributed by atoms with E-state index in [0.29, 0.717) is 0 Å². The Labute approximate surface area is 106 Å². The Kier molecular flexibility index (Phi) is 3.07. The first-order valence-corrected chi connectivity index (χ1v) is 6.45. The van der Waals surface area contributed by atoms with Gasteiger partial charge in [0.2, 0.25) is 0 Å². The van der Waals surface area contributed by atoms with Crippen molar-refractivity contribution in [2.24, 2.45) is 5.92 Å². The van der Waals surface area contributed by atoms with Crippen LogP contribution in [0.3, 0.4) is 0 Å². The van der Waals surface area contributed by atoms with Gasteiger partial charge in [0.1, 0.15) is 0 Å². The summed E-state index contributed by atoms with van der Waals surface area (Å²) in [6, 6.07) is 9.67. The smallest absolute Gasteiger partial charge is 0.166 e. The van der Waals surface area contributed by atoms with Gasteiger partial charge in [-0.25, -0.2) is 0 Å². The topological polar surface area (TPSA) is 42.0 Å². The molecule has 18 heavy (non-hydrogen) atoms. The minimum atomic E-state index is 0.164. The van der Waals surface area contributed by atoms with Crippen molar-refractivity contribution in [3.8, 4) is 0 Å². The van der Waals surface area contributed by atoms with E-state index < -0.39 is 0 Å². The van der Waals surface area contributed by atoms with Gasteiger partial charge in [0, 0.05) is 23.1 Å². The van der Waals surface area contributed by atoms with Crippen LogP contribution >= 0.6 is 0 Å². The largest absolute Gasteiger partial charge is 0.317 e. The highest BCUT2D eigenvalue weighted by Crippen LogP contribution is 2.23. The first-order chi connectivity index (χ1) is 8.86. The fraction of sp³-hybridized carbons (Fsp3) is 0.333. The Morgan fingerprint density at radius 3 is 2.83 bits per heavy atom. The molecule has 1 aromatic carbocycles. The minimum absolute atomic E-state index is 0.164. The Bertz CT molecular complexity index is 568. The second kappa shape index (κ2) is 4.86. The number of hydrogen-bond acceptors (Lipinski definition) is 3. The molecule has 0 atom stereocenters. The van der Waals surface area contributed by atoms with Crippen LogP contribution < -0.4 is 5.32 Å². The van der Waals surface area contributed by atoms with Gasteiger partial charge < -0.3 is 5.32 Å². The van der Waals surface area contributed by atoms with E-state index in [4.69, 9.17) is 0 Å². The van der Waals surface area contributed by atoms with E-state index in [1.54, 1.807) is 6.20 Å². The van der Waals surface area contributed by atoms with Crippen LogP contribution in [0.4, 0.5) is 0 Å². The Balaban J connectivity index is 2.00. The molecule has 3 nitrogen and oxygen atoms in total. The van der Waals surface area contributed by atoms with Crippen molar-refractivity contribution >= 4 is 16.7 Å². The molecule has 1 aliphatic heterocycles. The summed E-state index contributed by atoms with van der Waals surface area (Å²) in [6.07, 6.45) is 3.64. The number of carbonyl (C=O) groups excluding carboxylic acids is 1. The van der Waals surface area contributed by atoms with E-state index in [1.807, 2.05) is 30.3 Å². The average molecular weight is 240 g/mol. The third-order valence-electron chi connectivity index (χ3n) is 3.62. The number of carbonyl (C=O) groups is 1. The number of nitrogens with one attached hydrogen (secondary N) is 1. The molecule has 3 rings (SSSR count). The molecule has 0 radical (unpaired) electrons. The predicted molar refractivity (Wildman–Crippen MR) is 71.7 cm³/mol. The highest BCUT2D eigenvalue weighted by atomic mass is 16.1. The standard InChI is InChI=1S/C15H16N2O/c18-15(11-6-9-16-10-7-11)13-3-1-5-14-12(13)4-2-8-17-14/h1-5,8,11,16H,6-7,9-10H2. The zero-order valence-electron chi connectivity index (χ0n) is 10.2. The lowest BCUT2D eigenvalue weighted by molar-refractivity contribution is 0.0897. The second-order valence-corrected chi connectivity index (χ2v) is 4.76. The molecule has 2 aromatic rings. The van der Waals surface area contributed by atoms with Crippen LogP contribution in [0.5, 0.6) is 0 Å². The maximum atomic E-state index is 12.6. The zero-order chi connectivity index (χ0) is 12.4. The van der Waals surface area contributed by atoms with Gasteiger partial charge in [-0.15, -0.1) is 0 Å². The number of nitrogens with zero attached hydrogens (tertiary/aromatic N) is 1. The molecule has 1 aromatic heterocycles. The van der Waals surface area contributed by atoms with Crippen LogP contribution in [0.2, 0.25) is 0 Å². The first kappa shape index (κ1) is 11.4. The monoisotopic (exact) mass is 240 g/mol. The molecule has 1 aliphatic rings. The molecule has 92 valence electrons. The maximum absolute atomic E-state index is 12.6. The molecule has 0 amide bonds. The number of aromatic nitrogens is 1. The van der Waals surface area contributed by atoms with Gasteiger partial charge in [-0.1, -0.05) is 18.2 Å². The van der Waals surface area contributed by atoms with Crippen molar-refractivity contribution in [2.45, 2.75) is 12.8 Å². The van der Waals surface area contributed by atoms with Gasteiger partial charge in [0.15, 0.2) is 5.78 Å². The Morgan fingerprint density at radius 2 is 2.00 bits per heavy atom. The van der Waals surface area contributed by atoms with E-state index in [0.717, 1.165) is 42.4 Å². The summed E-state index contributed by atoms with van der Waals surface area (Å²) in [5, 5.41) is 4.27. The molecule has 1 fully saturated rings. The Morgan fingerprint density at radius 1 is 1.17 bits per heavy atom. The zero-order valence-corrected chi connectivity index (χ0v) is 10.2. The van der Waals surface area contributed by atoms with Crippen LogP contribution in [0.25, 0.3) is 10.9 Å². The molecule has 0 aliphatic carbocycles. The van der Waals surface area contributed by atoms with E-state index in [-0.39, 0.29) is 11.7 Å². The van der Waals surface area contributed by atoms with Gasteiger partial charge in [0.25, 0.3) is 0 Å². The summed E-state index contributed by atoms with van der Waals surface area (Å²) in [7, 11) is 0. The van der Waals surface area contributed by atoms with E-state index in [1.165, 1.54) is 0 Å². The summed E-state index contributed by atoms with van der Waals surface area (Å²) >= 11 is 0. The van der Waals surface area contributed by atoms with Crippen molar-refractivity contribution in [1.82, 2.24) is 10.3 Å². The van der Waals surface area contributed by atoms with Gasteiger partial charge in [-0.05, 0) is 38.1 Å². The van der Waals surface area contributed by atoms with Gasteiger partial charge in [0.05, 0.1) is 5.52 Å². The van der Waals surface area contributed by atoms with E-state index in [9.17, 15) is 4.79 Å². The molecule has 0 bridgehead atoms. The number of ketones is 1. The minimum Gasteiger partial charge on any atom is -0.317 e. The van der Waals surface area contributed by atoms with Crippen LogP contribution in [-0.4, -0.2) is 23.9 Å². The summed E-state index contributed by atoms with van der Waals surface area (Å²) in [4.78, 5) is 16.9. The number of Topliss-reactive ketones (excluding diaryl/α,β-unsaturated/α-hetero) is 1. The fourth-order valence-electron chi connectivity index (χ4n) is 2.62. The summed E-state index contributed by atoms with van der Waals surface area (Å²) < 4.78 is 0. The number of rotatable bonds is 2. The number of piperidine rings is 1. The predicted octanol–water partition coefficient (Wildman–Crippen LogP) is 2.42. The average Bonchev–Trinajstić information content (AvgIpc) is 2.47. The molecule has 0 unspecified atom stereocenters. The van der Waals surface area contributed by atoms with Gasteiger partial charge >= 0.3 is 0 Å². The van der Waals surface area contributed by atoms with Crippen LogP contribution in [0.15, 0.2) is 36.5 Å². The molecule has 1 saturated heterocycles. The first-order valence-electron chi connectivity index (χ1n) is 6.45. The molecule has 0 spiro atoms. The van der Waals surface area contributed by atoms with E-state index in [2.05, 4.69) is 10.3 Å². The third kappa shape index (κ3) is 2.02. The summed E-state index contributed by atoms with van der Waals surface area (Å²) in [6.45, 7) is 1.89. The lowest BCUT2D eigenvalue weighted by Gasteiger charge is -2.21. The molecular formula is C15H16N2O. The lowest BCUT2D eigenvalue weighted by Crippen LogP contribution is -2.31. The maximum Gasteiger partial charge on any atom is 0.166 e. The highest BCUT2D eigenvalue weighted by molar-refractivity contribution is 6.08. The van der Waals surface area contributed by atoms with Gasteiger partial charge in [-0.3, -0.25) is 9.78 Å². The van der Waals surface area contributed by atoms with Crippen molar-refractivity contribution in [3.63, 3.8) is 0 Å². The molecule has 1 N–H and O–H groups in total. The van der Waals surface area contributed by atoms with Crippen LogP contribution in [0, 0.1) is 5.92 Å². The van der Waals surface area contributed by atoms with Crippen molar-refractivity contribution in [2.75, 3.05) is 13.1 Å². The van der Waals surface area contributed by atoms with Crippen LogP contribution in [0.1, 0.15) is 23.2 Å². The Hall–Kier alpha value is -1.74. The fourth-order valence-corrected chi connectivity index (χ4v) is 2.62. The van der Waals surface area contributed by atoms with Crippen LogP contribution in [-0.2, 0) is 0 Å². The number of pyridine rings is 1.